The average molecular weight is 475 g/mol. The Balaban J connectivity index is 2.13. The van der Waals surface area contributed by atoms with E-state index >= 15 is 0 Å². The Labute approximate surface area is 197 Å². The Morgan fingerprint density at radius 3 is 2.41 bits per heavy atom. The van der Waals surface area contributed by atoms with Gasteiger partial charge in [0, 0.05) is 5.56 Å². The quantitative estimate of drug-likeness (QED) is 0.178. The molecule has 11 nitrogen and oxygen atoms in total. The first kappa shape index (κ1) is 25.2. The Kier molecular flexibility index (Phi) is 7.62. The summed E-state index contributed by atoms with van der Waals surface area (Å²) in [5.41, 5.74) is 7.01. The van der Waals surface area contributed by atoms with E-state index in [0.717, 1.165) is 0 Å². The van der Waals surface area contributed by atoms with Crippen LogP contribution < -0.4 is 35.9 Å². The van der Waals surface area contributed by atoms with Gasteiger partial charge in [-0.25, -0.2) is 9.59 Å². The SMILES string of the molecule is CNC(CCNC(N)c1c(O)cc(C)c2c1Oc1c(C(=O)O)cc(OC)c(C)c1OC2=O)NC. The van der Waals surface area contributed by atoms with Gasteiger partial charge in [-0.15, -0.1) is 0 Å². The molecule has 0 saturated carbocycles. The number of hydrogen-bond acceptors (Lipinski definition) is 10. The molecule has 3 rings (SSSR count). The molecule has 2 aromatic carbocycles. The van der Waals surface area contributed by atoms with E-state index in [2.05, 4.69) is 16.0 Å². The van der Waals surface area contributed by atoms with Crippen molar-refractivity contribution in [3.05, 3.63) is 39.9 Å². The summed E-state index contributed by atoms with van der Waals surface area (Å²) in [5.74, 6) is -2.37. The van der Waals surface area contributed by atoms with Crippen LogP contribution in [-0.4, -0.2) is 56.1 Å². The van der Waals surface area contributed by atoms with Gasteiger partial charge in [0.25, 0.3) is 0 Å². The van der Waals surface area contributed by atoms with Crippen molar-refractivity contribution in [1.29, 1.82) is 0 Å². The predicted molar refractivity (Wildman–Crippen MR) is 124 cm³/mol. The number of nitrogens with two attached hydrogens (primary N) is 1. The molecule has 34 heavy (non-hydrogen) atoms. The number of hydrogen-bond donors (Lipinski definition) is 6. The number of rotatable bonds is 9. The summed E-state index contributed by atoms with van der Waals surface area (Å²) in [6.45, 7) is 3.69. The summed E-state index contributed by atoms with van der Waals surface area (Å²) < 4.78 is 16.9. The van der Waals surface area contributed by atoms with Crippen LogP contribution in [0.4, 0.5) is 0 Å². The molecule has 7 N–H and O–H groups in total. The highest BCUT2D eigenvalue weighted by atomic mass is 16.6. The van der Waals surface area contributed by atoms with Gasteiger partial charge < -0.3 is 40.8 Å². The van der Waals surface area contributed by atoms with Gasteiger partial charge in [-0.1, -0.05) is 0 Å². The Morgan fingerprint density at radius 1 is 1.15 bits per heavy atom. The second-order valence-electron chi connectivity index (χ2n) is 7.89. The van der Waals surface area contributed by atoms with E-state index in [4.69, 9.17) is 19.9 Å². The van der Waals surface area contributed by atoms with Crippen molar-refractivity contribution in [2.75, 3.05) is 27.7 Å². The van der Waals surface area contributed by atoms with Crippen LogP contribution in [0.25, 0.3) is 0 Å². The fraction of sp³-hybridized carbons (Fsp3) is 0.391. The van der Waals surface area contributed by atoms with E-state index in [0.29, 0.717) is 24.1 Å². The largest absolute Gasteiger partial charge is 0.507 e. The molecule has 184 valence electrons. The van der Waals surface area contributed by atoms with Gasteiger partial charge in [-0.05, 0) is 58.6 Å². The first-order valence-corrected chi connectivity index (χ1v) is 10.7. The highest BCUT2D eigenvalue weighted by Gasteiger charge is 2.35. The van der Waals surface area contributed by atoms with E-state index in [1.165, 1.54) is 19.2 Å². The molecule has 1 aliphatic rings. The number of aromatic hydroxyl groups is 1. The van der Waals surface area contributed by atoms with Crippen molar-refractivity contribution in [2.24, 2.45) is 5.73 Å². The third kappa shape index (κ3) is 4.64. The van der Waals surface area contributed by atoms with Crippen LogP contribution >= 0.6 is 0 Å². The first-order chi connectivity index (χ1) is 16.1. The Morgan fingerprint density at radius 2 is 1.82 bits per heavy atom. The zero-order valence-electron chi connectivity index (χ0n) is 19.7. The molecule has 0 aromatic heterocycles. The maximum absolute atomic E-state index is 13.1. The minimum atomic E-state index is -1.31. The normalized spacial score (nSPS) is 13.4. The van der Waals surface area contributed by atoms with Crippen LogP contribution in [0, 0.1) is 13.8 Å². The molecule has 1 heterocycles. The van der Waals surface area contributed by atoms with E-state index < -0.39 is 18.1 Å². The number of aromatic carboxylic acids is 1. The van der Waals surface area contributed by atoms with E-state index in [-0.39, 0.29) is 51.6 Å². The molecule has 0 saturated heterocycles. The number of ether oxygens (including phenoxy) is 3. The number of nitrogens with one attached hydrogen (secondary N) is 3. The molecule has 1 aliphatic heterocycles. The van der Waals surface area contributed by atoms with Crippen molar-refractivity contribution in [3.63, 3.8) is 0 Å². The first-order valence-electron chi connectivity index (χ1n) is 10.7. The van der Waals surface area contributed by atoms with Crippen LogP contribution in [0.1, 0.15) is 50.0 Å². The molecule has 11 heteroatoms. The zero-order valence-corrected chi connectivity index (χ0v) is 19.7. The van der Waals surface area contributed by atoms with E-state index in [1.807, 2.05) is 14.1 Å². The molecule has 0 spiro atoms. The summed E-state index contributed by atoms with van der Waals surface area (Å²) >= 11 is 0. The second-order valence-corrected chi connectivity index (χ2v) is 7.89. The van der Waals surface area contributed by atoms with Crippen molar-refractivity contribution in [1.82, 2.24) is 16.0 Å². The number of phenolic OH excluding ortho intramolecular Hbond substituents is 1. The minimum absolute atomic E-state index is 0.0395. The number of esters is 1. The summed E-state index contributed by atoms with van der Waals surface area (Å²) in [6.07, 6.45) is -0.216. The third-order valence-corrected chi connectivity index (χ3v) is 5.79. The highest BCUT2D eigenvalue weighted by Crippen LogP contribution is 2.49. The van der Waals surface area contributed by atoms with Crippen molar-refractivity contribution in [3.8, 4) is 28.7 Å². The van der Waals surface area contributed by atoms with Crippen molar-refractivity contribution >= 4 is 11.9 Å². The van der Waals surface area contributed by atoms with Crippen molar-refractivity contribution < 1.29 is 34.0 Å². The Hall–Kier alpha value is -3.38. The molecule has 1 unspecified atom stereocenters. The summed E-state index contributed by atoms with van der Waals surface area (Å²) in [7, 11) is 5.02. The van der Waals surface area contributed by atoms with E-state index in [1.54, 1.807) is 13.8 Å². The number of carboxylic acid groups (broad SMARTS) is 1. The topological polar surface area (TPSA) is 164 Å². The van der Waals surface area contributed by atoms with Gasteiger partial charge in [-0.3, -0.25) is 5.32 Å². The third-order valence-electron chi connectivity index (χ3n) is 5.79. The minimum Gasteiger partial charge on any atom is -0.507 e. The Bertz CT molecular complexity index is 1120. The number of fused-ring (bicyclic) bond motifs is 2. The number of methoxy groups -OCH3 is 1. The zero-order chi connectivity index (χ0) is 25.2. The molecule has 1 atom stereocenters. The monoisotopic (exact) mass is 474 g/mol. The lowest BCUT2D eigenvalue weighted by atomic mass is 10.00. The molecule has 0 bridgehead atoms. The average Bonchev–Trinajstić information content (AvgIpc) is 2.93. The fourth-order valence-electron chi connectivity index (χ4n) is 3.91. The van der Waals surface area contributed by atoms with Gasteiger partial charge in [0.05, 0.1) is 25.0 Å². The van der Waals surface area contributed by atoms with E-state index in [9.17, 15) is 19.8 Å². The van der Waals surface area contributed by atoms with Crippen LogP contribution in [0.15, 0.2) is 12.1 Å². The summed E-state index contributed by atoms with van der Waals surface area (Å²) in [4.78, 5) is 25.1. The smallest absolute Gasteiger partial charge is 0.347 e. The molecule has 0 aliphatic carbocycles. The summed E-state index contributed by atoms with van der Waals surface area (Å²) in [5, 5.41) is 29.8. The maximum Gasteiger partial charge on any atom is 0.347 e. The van der Waals surface area contributed by atoms with Crippen LogP contribution in [-0.2, 0) is 0 Å². The van der Waals surface area contributed by atoms with Gasteiger partial charge >= 0.3 is 11.9 Å². The molecule has 0 amide bonds. The van der Waals surface area contributed by atoms with Gasteiger partial charge in [0.1, 0.15) is 22.6 Å². The maximum atomic E-state index is 13.1. The summed E-state index contributed by atoms with van der Waals surface area (Å²) in [6, 6.07) is 2.68. The fourth-order valence-corrected chi connectivity index (χ4v) is 3.91. The number of benzene rings is 2. The molecular weight excluding hydrogens is 444 g/mol. The van der Waals surface area contributed by atoms with Crippen molar-refractivity contribution in [2.45, 2.75) is 32.6 Å². The number of aryl methyl sites for hydroxylation is 1. The van der Waals surface area contributed by atoms with Gasteiger partial charge in [0.2, 0.25) is 0 Å². The van der Waals surface area contributed by atoms with Gasteiger partial charge in [-0.2, -0.15) is 0 Å². The second kappa shape index (κ2) is 10.3. The lowest BCUT2D eigenvalue weighted by Crippen LogP contribution is -2.41. The van der Waals surface area contributed by atoms with Crippen LogP contribution in [0.5, 0.6) is 28.7 Å². The molecule has 0 fully saturated rings. The lowest BCUT2D eigenvalue weighted by molar-refractivity contribution is 0.0685. The van der Waals surface area contributed by atoms with Gasteiger partial charge in [0.15, 0.2) is 17.2 Å². The number of phenols is 1. The molecule has 2 aromatic rings. The standard InChI is InChI=1S/C23H30N4O7/c1-10-8-13(28)17(21(24)27-7-6-15(25-3)26-4)20-16(10)23(31)34-18-11(2)14(32-5)9-12(22(29)30)19(18)33-20/h8-9,15,21,25-28H,6-7,24H2,1-5H3,(H,29,30). The predicted octanol–water partition coefficient (Wildman–Crippen LogP) is 1.74. The lowest BCUT2D eigenvalue weighted by Gasteiger charge is -2.22. The van der Waals surface area contributed by atoms with Crippen LogP contribution in [0.2, 0.25) is 0 Å². The molecular formula is C23H30N4O7. The highest BCUT2D eigenvalue weighted by molar-refractivity contribution is 6.00. The van der Waals surface area contributed by atoms with Crippen LogP contribution in [0.3, 0.4) is 0 Å². The number of carbonyl (C=O) groups excluding carboxylic acids is 1. The molecule has 0 radical (unpaired) electrons. The number of carbonyl (C=O) groups is 2. The number of carboxylic acids is 1.